The van der Waals surface area contributed by atoms with Crippen LogP contribution in [-0.2, 0) is 12.3 Å². The molecule has 0 unspecified atom stereocenters. The van der Waals surface area contributed by atoms with E-state index in [9.17, 15) is 8.78 Å². The maximum Gasteiger partial charge on any atom is 0.292 e. The van der Waals surface area contributed by atoms with E-state index in [1.165, 1.54) is 0 Å². The van der Waals surface area contributed by atoms with Gasteiger partial charge in [-0.2, -0.15) is 13.9 Å². The summed E-state index contributed by atoms with van der Waals surface area (Å²) in [5.41, 5.74) is 3.45. The monoisotopic (exact) mass is 290 g/mol. The van der Waals surface area contributed by atoms with Gasteiger partial charge in [0.15, 0.2) is 0 Å². The summed E-state index contributed by atoms with van der Waals surface area (Å²) in [6, 6.07) is 7.93. The average molecular weight is 290 g/mol. The molecule has 0 radical (unpaired) electrons. The van der Waals surface area contributed by atoms with Crippen LogP contribution in [0.15, 0.2) is 24.3 Å². The number of rotatable bonds is 1. The third-order valence-electron chi connectivity index (χ3n) is 4.21. The van der Waals surface area contributed by atoms with Gasteiger partial charge in [-0.15, -0.1) is 0 Å². The van der Waals surface area contributed by atoms with Gasteiger partial charge < -0.3 is 0 Å². The predicted octanol–water partition coefficient (Wildman–Crippen LogP) is 4.87. The van der Waals surface area contributed by atoms with Crippen LogP contribution in [0.1, 0.15) is 49.7 Å². The van der Waals surface area contributed by atoms with Gasteiger partial charge in [0.25, 0.3) is 5.92 Å². The highest BCUT2D eigenvalue weighted by atomic mass is 19.3. The summed E-state index contributed by atoms with van der Waals surface area (Å²) in [4.78, 5) is 0. The van der Waals surface area contributed by atoms with Crippen LogP contribution in [0, 0.1) is 6.92 Å². The molecule has 0 fully saturated rings. The topological polar surface area (TPSA) is 17.8 Å². The fourth-order valence-electron chi connectivity index (χ4n) is 3.20. The first-order valence-corrected chi connectivity index (χ1v) is 7.47. The molecule has 0 bridgehead atoms. The lowest BCUT2D eigenvalue weighted by atomic mass is 9.89. The molecule has 1 aliphatic rings. The fourth-order valence-corrected chi connectivity index (χ4v) is 3.20. The predicted molar refractivity (Wildman–Crippen MR) is 79.6 cm³/mol. The van der Waals surface area contributed by atoms with E-state index >= 15 is 0 Å². The van der Waals surface area contributed by atoms with Crippen molar-refractivity contribution in [1.82, 2.24) is 9.78 Å². The number of halogens is 2. The van der Waals surface area contributed by atoms with E-state index < -0.39 is 5.92 Å². The summed E-state index contributed by atoms with van der Waals surface area (Å²) in [6.07, 6.45) is 1.04. The standard InChI is InChI=1S/C17H20F2N2/c1-11(2)21-12(3)15-14-9-5-4-7-13(14)8-6-10-17(18,19)16(15)20-21/h4-5,7,9,11H,6,8,10H2,1-3H3. The van der Waals surface area contributed by atoms with Crippen molar-refractivity contribution in [3.05, 3.63) is 41.2 Å². The summed E-state index contributed by atoms with van der Waals surface area (Å²) >= 11 is 0. The molecule has 0 spiro atoms. The molecule has 3 rings (SSSR count). The van der Waals surface area contributed by atoms with Gasteiger partial charge in [-0.25, -0.2) is 0 Å². The lowest BCUT2D eigenvalue weighted by Gasteiger charge is -2.20. The van der Waals surface area contributed by atoms with Crippen molar-refractivity contribution in [3.8, 4) is 11.1 Å². The first-order valence-electron chi connectivity index (χ1n) is 7.47. The third kappa shape index (κ3) is 2.27. The summed E-state index contributed by atoms with van der Waals surface area (Å²) in [5, 5.41) is 4.27. The van der Waals surface area contributed by atoms with Crippen molar-refractivity contribution in [2.24, 2.45) is 0 Å². The maximum absolute atomic E-state index is 14.5. The molecule has 2 nitrogen and oxygen atoms in total. The molecular formula is C17H20F2N2. The van der Waals surface area contributed by atoms with E-state index in [2.05, 4.69) is 5.10 Å². The van der Waals surface area contributed by atoms with Crippen LogP contribution in [0.3, 0.4) is 0 Å². The molecule has 0 N–H and O–H groups in total. The van der Waals surface area contributed by atoms with Gasteiger partial charge >= 0.3 is 0 Å². The number of hydrogen-bond acceptors (Lipinski definition) is 1. The molecule has 21 heavy (non-hydrogen) atoms. The van der Waals surface area contributed by atoms with Crippen molar-refractivity contribution in [3.63, 3.8) is 0 Å². The third-order valence-corrected chi connectivity index (χ3v) is 4.21. The SMILES string of the molecule is Cc1c2c(nn1C(C)C)C(F)(F)CCCc1ccccc1-2. The summed E-state index contributed by atoms with van der Waals surface area (Å²) in [7, 11) is 0. The van der Waals surface area contributed by atoms with E-state index in [1.54, 1.807) is 4.68 Å². The highest BCUT2D eigenvalue weighted by Crippen LogP contribution is 2.44. The minimum absolute atomic E-state index is 0.0548. The Morgan fingerprint density at radius 2 is 1.95 bits per heavy atom. The molecule has 1 heterocycles. The van der Waals surface area contributed by atoms with Crippen LogP contribution in [0.4, 0.5) is 8.78 Å². The smallest absolute Gasteiger partial charge is 0.266 e. The molecule has 4 heteroatoms. The number of fused-ring (bicyclic) bond motifs is 3. The number of aromatic nitrogens is 2. The van der Waals surface area contributed by atoms with E-state index in [4.69, 9.17) is 0 Å². The molecule has 0 saturated carbocycles. The van der Waals surface area contributed by atoms with Crippen molar-refractivity contribution >= 4 is 0 Å². The zero-order valence-electron chi connectivity index (χ0n) is 12.7. The highest BCUT2D eigenvalue weighted by Gasteiger charge is 2.40. The van der Waals surface area contributed by atoms with Crippen LogP contribution < -0.4 is 0 Å². The number of benzene rings is 1. The van der Waals surface area contributed by atoms with E-state index in [0.717, 1.165) is 16.8 Å². The Labute approximate surface area is 123 Å². The van der Waals surface area contributed by atoms with Gasteiger partial charge in [0.1, 0.15) is 5.69 Å². The Morgan fingerprint density at radius 3 is 2.67 bits per heavy atom. The Bertz CT molecular complexity index is 671. The first kappa shape index (κ1) is 14.2. The molecule has 0 atom stereocenters. The quantitative estimate of drug-likeness (QED) is 0.733. The van der Waals surface area contributed by atoms with Gasteiger partial charge in [-0.1, -0.05) is 24.3 Å². The minimum Gasteiger partial charge on any atom is -0.266 e. The molecule has 0 aliphatic heterocycles. The van der Waals surface area contributed by atoms with Gasteiger partial charge in [-0.3, -0.25) is 4.68 Å². The lowest BCUT2D eigenvalue weighted by molar-refractivity contribution is -0.0200. The van der Waals surface area contributed by atoms with E-state index in [-0.39, 0.29) is 18.2 Å². The Kier molecular flexibility index (Phi) is 3.34. The highest BCUT2D eigenvalue weighted by molar-refractivity contribution is 5.73. The zero-order valence-corrected chi connectivity index (χ0v) is 12.7. The second kappa shape index (κ2) is 4.93. The molecule has 1 aliphatic carbocycles. The second-order valence-electron chi connectivity index (χ2n) is 6.06. The van der Waals surface area contributed by atoms with Gasteiger partial charge in [0.2, 0.25) is 0 Å². The number of nitrogens with zero attached hydrogens (tertiary/aromatic N) is 2. The normalized spacial score (nSPS) is 17.0. The van der Waals surface area contributed by atoms with Crippen LogP contribution in [0.2, 0.25) is 0 Å². The molecular weight excluding hydrogens is 270 g/mol. The first-order chi connectivity index (χ1) is 9.92. The van der Waals surface area contributed by atoms with Crippen molar-refractivity contribution < 1.29 is 8.78 Å². The second-order valence-corrected chi connectivity index (χ2v) is 6.06. The molecule has 0 amide bonds. The Balaban J connectivity index is 2.33. The summed E-state index contributed by atoms with van der Waals surface area (Å²) in [6.45, 7) is 5.83. The molecule has 1 aromatic carbocycles. The number of alkyl halides is 2. The van der Waals surface area contributed by atoms with Crippen molar-refractivity contribution in [2.45, 2.75) is 52.0 Å². The van der Waals surface area contributed by atoms with E-state index in [0.29, 0.717) is 18.4 Å². The Hall–Kier alpha value is -1.71. The maximum atomic E-state index is 14.5. The number of hydrogen-bond donors (Lipinski definition) is 0. The Morgan fingerprint density at radius 1 is 1.24 bits per heavy atom. The van der Waals surface area contributed by atoms with Crippen LogP contribution >= 0.6 is 0 Å². The fraction of sp³-hybridized carbons (Fsp3) is 0.471. The van der Waals surface area contributed by atoms with Gasteiger partial charge in [-0.05, 0) is 44.7 Å². The number of aryl methyl sites for hydroxylation is 1. The molecule has 1 aromatic heterocycles. The van der Waals surface area contributed by atoms with Crippen molar-refractivity contribution in [1.29, 1.82) is 0 Å². The van der Waals surface area contributed by atoms with Crippen molar-refractivity contribution in [2.75, 3.05) is 0 Å². The van der Waals surface area contributed by atoms with Crippen LogP contribution in [0.25, 0.3) is 11.1 Å². The van der Waals surface area contributed by atoms with Crippen LogP contribution in [0.5, 0.6) is 0 Å². The summed E-state index contributed by atoms with van der Waals surface area (Å²) < 4.78 is 30.7. The van der Waals surface area contributed by atoms with Gasteiger partial charge in [0.05, 0.1) is 0 Å². The lowest BCUT2D eigenvalue weighted by Crippen LogP contribution is -2.18. The minimum atomic E-state index is -2.85. The average Bonchev–Trinajstić information content (AvgIpc) is 2.76. The molecule has 2 aromatic rings. The van der Waals surface area contributed by atoms with Gasteiger partial charge in [0, 0.05) is 23.7 Å². The largest absolute Gasteiger partial charge is 0.292 e. The zero-order chi connectivity index (χ0) is 15.2. The molecule has 112 valence electrons. The summed E-state index contributed by atoms with van der Waals surface area (Å²) in [5.74, 6) is -2.85. The molecule has 0 saturated heterocycles. The van der Waals surface area contributed by atoms with Crippen LogP contribution in [-0.4, -0.2) is 9.78 Å². The van der Waals surface area contributed by atoms with E-state index in [1.807, 2.05) is 45.0 Å².